The zero-order valence-corrected chi connectivity index (χ0v) is 12.4. The molecule has 0 aromatic rings. The summed E-state index contributed by atoms with van der Waals surface area (Å²) in [7, 11) is 1.48. The van der Waals surface area contributed by atoms with Gasteiger partial charge in [0, 0.05) is 31.2 Å². The first-order chi connectivity index (χ1) is 9.20. The molecule has 2 fully saturated rings. The van der Waals surface area contributed by atoms with Gasteiger partial charge in [-0.15, -0.1) is 0 Å². The summed E-state index contributed by atoms with van der Waals surface area (Å²) >= 11 is 0. The van der Waals surface area contributed by atoms with Gasteiger partial charge in [0.2, 0.25) is 0 Å². The number of piperazine rings is 1. The molecule has 0 bridgehead atoms. The molecule has 1 saturated heterocycles. The highest BCUT2D eigenvalue weighted by Gasteiger charge is 2.32. The van der Waals surface area contributed by atoms with Crippen molar-refractivity contribution in [3.8, 4) is 0 Å². The highest BCUT2D eigenvalue weighted by atomic mass is 16.5. The van der Waals surface area contributed by atoms with Crippen molar-refractivity contribution in [1.29, 1.82) is 0 Å². The maximum atomic E-state index is 11.6. The molecule has 0 spiro atoms. The molecule has 2 rings (SSSR count). The molecule has 2 aliphatic rings. The summed E-state index contributed by atoms with van der Waals surface area (Å²) in [5.74, 6) is -0.0834. The highest BCUT2D eigenvalue weighted by Crippen LogP contribution is 2.26. The van der Waals surface area contributed by atoms with Crippen LogP contribution in [0.5, 0.6) is 0 Å². The average Bonchev–Trinajstić information content (AvgIpc) is 2.69. The van der Waals surface area contributed by atoms with Crippen molar-refractivity contribution < 1.29 is 9.53 Å². The number of ether oxygens (including phenoxy) is 1. The van der Waals surface area contributed by atoms with Gasteiger partial charge < -0.3 is 10.1 Å². The molecule has 4 heteroatoms. The lowest BCUT2D eigenvalue weighted by Crippen LogP contribution is -2.59. The molecule has 1 saturated carbocycles. The van der Waals surface area contributed by atoms with Crippen LogP contribution in [0.2, 0.25) is 0 Å². The lowest BCUT2D eigenvalue weighted by Gasteiger charge is -2.43. The molecule has 1 N–H and O–H groups in total. The van der Waals surface area contributed by atoms with Gasteiger partial charge in [-0.1, -0.05) is 25.7 Å². The molecule has 0 amide bonds. The second kappa shape index (κ2) is 7.25. The Labute approximate surface area is 116 Å². The van der Waals surface area contributed by atoms with E-state index in [-0.39, 0.29) is 5.97 Å². The Kier molecular flexibility index (Phi) is 5.64. The maximum absolute atomic E-state index is 11.6. The fourth-order valence-electron chi connectivity index (χ4n) is 3.49. The van der Waals surface area contributed by atoms with Crippen LogP contribution in [-0.4, -0.2) is 49.2 Å². The molecular formula is C15H28N2O2. The Bertz CT molecular complexity index is 288. The Morgan fingerprint density at radius 1 is 1.26 bits per heavy atom. The number of hydrogen-bond donors (Lipinski definition) is 1. The van der Waals surface area contributed by atoms with E-state index in [1.165, 1.54) is 45.6 Å². The molecule has 4 nitrogen and oxygen atoms in total. The fraction of sp³-hybridized carbons (Fsp3) is 0.933. The number of methoxy groups -OCH3 is 1. The van der Waals surface area contributed by atoms with Gasteiger partial charge in [-0.25, -0.2) is 0 Å². The van der Waals surface area contributed by atoms with Crippen LogP contribution in [0.25, 0.3) is 0 Å². The molecule has 19 heavy (non-hydrogen) atoms. The van der Waals surface area contributed by atoms with Gasteiger partial charge >= 0.3 is 5.97 Å². The minimum absolute atomic E-state index is 0.0834. The summed E-state index contributed by atoms with van der Waals surface area (Å²) in [5, 5.41) is 3.50. The second-order valence-corrected chi connectivity index (χ2v) is 6.09. The van der Waals surface area contributed by atoms with Gasteiger partial charge in [0.15, 0.2) is 0 Å². The van der Waals surface area contributed by atoms with Crippen molar-refractivity contribution in [3.63, 3.8) is 0 Å². The second-order valence-electron chi connectivity index (χ2n) is 6.09. The van der Waals surface area contributed by atoms with E-state index in [9.17, 15) is 4.79 Å². The van der Waals surface area contributed by atoms with E-state index in [0.717, 1.165) is 13.1 Å². The Morgan fingerprint density at radius 2 is 1.95 bits per heavy atom. The van der Waals surface area contributed by atoms with Crippen molar-refractivity contribution in [1.82, 2.24) is 10.2 Å². The van der Waals surface area contributed by atoms with Gasteiger partial charge in [-0.2, -0.15) is 0 Å². The molecule has 0 aromatic carbocycles. The summed E-state index contributed by atoms with van der Waals surface area (Å²) in [6, 6.07) is 1.51. The molecule has 0 aromatic heterocycles. The van der Waals surface area contributed by atoms with E-state index in [2.05, 4.69) is 17.1 Å². The third-order valence-corrected chi connectivity index (χ3v) is 4.58. The minimum atomic E-state index is -0.0834. The van der Waals surface area contributed by atoms with Crippen molar-refractivity contribution in [3.05, 3.63) is 0 Å². The predicted molar refractivity (Wildman–Crippen MR) is 76.1 cm³/mol. The zero-order chi connectivity index (χ0) is 13.7. The fourth-order valence-corrected chi connectivity index (χ4v) is 3.49. The molecule has 1 heterocycles. The molecular weight excluding hydrogens is 240 g/mol. The van der Waals surface area contributed by atoms with Crippen LogP contribution < -0.4 is 5.32 Å². The Balaban J connectivity index is 2.00. The van der Waals surface area contributed by atoms with Crippen LogP contribution in [0, 0.1) is 0 Å². The third-order valence-electron chi connectivity index (χ3n) is 4.58. The predicted octanol–water partition coefficient (Wildman–Crippen LogP) is 1.93. The van der Waals surface area contributed by atoms with Crippen molar-refractivity contribution in [2.45, 2.75) is 70.0 Å². The number of esters is 1. The lowest BCUT2D eigenvalue weighted by atomic mass is 9.99. The maximum Gasteiger partial charge on any atom is 0.307 e. The summed E-state index contributed by atoms with van der Waals surface area (Å²) in [6.45, 7) is 4.21. The van der Waals surface area contributed by atoms with E-state index in [1.54, 1.807) is 0 Å². The lowest BCUT2D eigenvalue weighted by molar-refractivity contribution is -0.142. The van der Waals surface area contributed by atoms with Crippen LogP contribution in [-0.2, 0) is 9.53 Å². The number of rotatable bonds is 3. The number of nitrogens with zero attached hydrogens (tertiary/aromatic N) is 1. The quantitative estimate of drug-likeness (QED) is 0.627. The molecule has 2 unspecified atom stereocenters. The first-order valence-corrected chi connectivity index (χ1v) is 7.76. The average molecular weight is 268 g/mol. The molecule has 1 aliphatic carbocycles. The molecule has 2 atom stereocenters. The summed E-state index contributed by atoms with van der Waals surface area (Å²) in [6.07, 6.45) is 8.54. The van der Waals surface area contributed by atoms with Crippen molar-refractivity contribution in [2.24, 2.45) is 0 Å². The van der Waals surface area contributed by atoms with E-state index < -0.39 is 0 Å². The van der Waals surface area contributed by atoms with Crippen LogP contribution in [0.4, 0.5) is 0 Å². The van der Waals surface area contributed by atoms with E-state index in [4.69, 9.17) is 4.74 Å². The molecule has 0 radical (unpaired) electrons. The van der Waals surface area contributed by atoms with Crippen LogP contribution >= 0.6 is 0 Å². The molecule has 110 valence electrons. The van der Waals surface area contributed by atoms with Crippen LogP contribution in [0.3, 0.4) is 0 Å². The normalized spacial score (nSPS) is 30.8. The van der Waals surface area contributed by atoms with Gasteiger partial charge in [0.05, 0.1) is 13.5 Å². The first kappa shape index (κ1) is 14.8. The number of carbonyl (C=O) groups excluding carboxylic acids is 1. The number of hydrogen-bond acceptors (Lipinski definition) is 4. The Morgan fingerprint density at radius 3 is 2.58 bits per heavy atom. The third kappa shape index (κ3) is 4.18. The largest absolute Gasteiger partial charge is 0.469 e. The number of nitrogens with one attached hydrogen (secondary N) is 1. The standard InChI is InChI=1S/C15H28N2O2/c1-12-11-17(13-7-5-3-4-6-8-13)14(10-16-12)9-15(18)19-2/h12-14,16H,3-11H2,1-2H3. The van der Waals surface area contributed by atoms with Gasteiger partial charge in [0.25, 0.3) is 0 Å². The first-order valence-electron chi connectivity index (χ1n) is 7.76. The van der Waals surface area contributed by atoms with Gasteiger partial charge in [0.1, 0.15) is 0 Å². The van der Waals surface area contributed by atoms with E-state index in [0.29, 0.717) is 24.5 Å². The number of carbonyl (C=O) groups is 1. The van der Waals surface area contributed by atoms with Crippen LogP contribution in [0.1, 0.15) is 51.9 Å². The summed E-state index contributed by atoms with van der Waals surface area (Å²) in [4.78, 5) is 14.2. The van der Waals surface area contributed by atoms with E-state index >= 15 is 0 Å². The Hall–Kier alpha value is -0.610. The van der Waals surface area contributed by atoms with Crippen LogP contribution in [0.15, 0.2) is 0 Å². The molecule has 1 aliphatic heterocycles. The summed E-state index contributed by atoms with van der Waals surface area (Å²) < 4.78 is 4.85. The van der Waals surface area contributed by atoms with E-state index in [1.807, 2.05) is 0 Å². The topological polar surface area (TPSA) is 41.6 Å². The highest BCUT2D eigenvalue weighted by molar-refractivity contribution is 5.70. The SMILES string of the molecule is COC(=O)CC1CNC(C)CN1C1CCCCCC1. The van der Waals surface area contributed by atoms with Crippen molar-refractivity contribution >= 4 is 5.97 Å². The van der Waals surface area contributed by atoms with Gasteiger partial charge in [-0.05, 0) is 19.8 Å². The monoisotopic (exact) mass is 268 g/mol. The zero-order valence-electron chi connectivity index (χ0n) is 12.4. The summed E-state index contributed by atoms with van der Waals surface area (Å²) in [5.41, 5.74) is 0. The van der Waals surface area contributed by atoms with Crippen molar-refractivity contribution in [2.75, 3.05) is 20.2 Å². The van der Waals surface area contributed by atoms with Gasteiger partial charge in [-0.3, -0.25) is 9.69 Å². The smallest absolute Gasteiger partial charge is 0.307 e. The minimum Gasteiger partial charge on any atom is -0.469 e.